The number of carbonyl (C=O) groups is 1. The number of ether oxygens (including phenoxy) is 1. The van der Waals surface area contributed by atoms with Gasteiger partial charge in [0.1, 0.15) is 0 Å². The number of carboxylic acids is 1. The highest BCUT2D eigenvalue weighted by Gasteiger charge is 2.14. The summed E-state index contributed by atoms with van der Waals surface area (Å²) in [4.78, 5) is 11.5. The quantitative estimate of drug-likeness (QED) is 0.643. The van der Waals surface area contributed by atoms with Gasteiger partial charge in [-0.3, -0.25) is 0 Å². The Balaban J connectivity index is 2.54. The fourth-order valence-electron chi connectivity index (χ4n) is 1.89. The highest BCUT2D eigenvalue weighted by molar-refractivity contribution is 6.34. The molecule has 0 amide bonds. The molecular weight excluding hydrogens is 327 g/mol. The maximum Gasteiger partial charge on any atom is 0.336 e. The third-order valence-corrected chi connectivity index (χ3v) is 3.66. The molecule has 2 N–H and O–H groups in total. The van der Waals surface area contributed by atoms with Crippen LogP contribution in [0, 0.1) is 0 Å². The van der Waals surface area contributed by atoms with Crippen LogP contribution >= 0.6 is 23.2 Å². The molecule has 0 saturated heterocycles. The number of benzene rings is 2. The Bertz CT molecular complexity index is 737. The van der Waals surface area contributed by atoms with Crippen molar-refractivity contribution >= 4 is 40.8 Å². The average Bonchev–Trinajstić information content (AvgIpc) is 2.50. The van der Waals surface area contributed by atoms with Crippen molar-refractivity contribution in [3.8, 4) is 11.5 Å². The van der Waals surface area contributed by atoms with Gasteiger partial charge in [0.15, 0.2) is 11.5 Å². The van der Waals surface area contributed by atoms with E-state index in [9.17, 15) is 15.0 Å². The van der Waals surface area contributed by atoms with E-state index in [1.807, 2.05) is 0 Å². The minimum Gasteiger partial charge on any atom is -0.503 e. The fourth-order valence-corrected chi connectivity index (χ4v) is 2.23. The Morgan fingerprint density at radius 1 is 1.14 bits per heavy atom. The van der Waals surface area contributed by atoms with Gasteiger partial charge < -0.3 is 14.9 Å². The summed E-state index contributed by atoms with van der Waals surface area (Å²) >= 11 is 11.9. The molecule has 114 valence electrons. The predicted octanol–water partition coefficient (Wildman–Crippen LogP) is 4.33. The van der Waals surface area contributed by atoms with Crippen molar-refractivity contribution in [1.82, 2.24) is 0 Å². The van der Waals surface area contributed by atoms with Gasteiger partial charge in [0.2, 0.25) is 0 Å². The SMILES string of the molecule is COc1ccc(/C=C(\C(=O)O)c2ccc(Cl)cc2)c(Cl)c1O. The highest BCUT2D eigenvalue weighted by Crippen LogP contribution is 2.37. The largest absolute Gasteiger partial charge is 0.503 e. The van der Waals surface area contributed by atoms with E-state index in [1.54, 1.807) is 30.3 Å². The van der Waals surface area contributed by atoms with Gasteiger partial charge in [0, 0.05) is 5.02 Å². The molecule has 0 bridgehead atoms. The summed E-state index contributed by atoms with van der Waals surface area (Å²) in [6, 6.07) is 9.47. The third kappa shape index (κ3) is 3.35. The lowest BCUT2D eigenvalue weighted by Gasteiger charge is -2.08. The van der Waals surface area contributed by atoms with Gasteiger partial charge in [-0.2, -0.15) is 0 Å². The molecule has 0 aliphatic heterocycles. The summed E-state index contributed by atoms with van der Waals surface area (Å²) in [6.45, 7) is 0. The van der Waals surface area contributed by atoms with Gasteiger partial charge in [0.25, 0.3) is 0 Å². The molecular formula is C16H12Cl2O4. The van der Waals surface area contributed by atoms with Crippen molar-refractivity contribution in [2.75, 3.05) is 7.11 Å². The Kier molecular flexibility index (Phi) is 4.96. The second-order valence-electron chi connectivity index (χ2n) is 4.39. The van der Waals surface area contributed by atoms with Gasteiger partial charge >= 0.3 is 5.97 Å². The molecule has 0 radical (unpaired) electrons. The molecule has 0 saturated carbocycles. The molecule has 22 heavy (non-hydrogen) atoms. The van der Waals surface area contributed by atoms with Crippen LogP contribution in [0.25, 0.3) is 11.6 Å². The Morgan fingerprint density at radius 3 is 2.32 bits per heavy atom. The average molecular weight is 339 g/mol. The minimum absolute atomic E-state index is 0.0204. The number of phenolic OH excluding ortho intramolecular Hbond substituents is 1. The molecule has 2 aromatic carbocycles. The first-order valence-corrected chi connectivity index (χ1v) is 6.96. The molecule has 0 aromatic heterocycles. The van der Waals surface area contributed by atoms with E-state index < -0.39 is 5.97 Å². The lowest BCUT2D eigenvalue weighted by Crippen LogP contribution is -1.99. The van der Waals surface area contributed by atoms with Gasteiger partial charge in [-0.15, -0.1) is 0 Å². The van der Waals surface area contributed by atoms with Crippen molar-refractivity contribution < 1.29 is 19.7 Å². The first-order valence-electron chi connectivity index (χ1n) is 6.20. The lowest BCUT2D eigenvalue weighted by atomic mass is 10.0. The van der Waals surface area contributed by atoms with Crippen molar-refractivity contribution in [1.29, 1.82) is 0 Å². The van der Waals surface area contributed by atoms with Gasteiger partial charge in [-0.1, -0.05) is 35.3 Å². The molecule has 2 aromatic rings. The summed E-state index contributed by atoms with van der Waals surface area (Å²) in [7, 11) is 1.40. The lowest BCUT2D eigenvalue weighted by molar-refractivity contribution is -0.130. The molecule has 2 rings (SSSR count). The summed E-state index contributed by atoms with van der Waals surface area (Å²) in [5.74, 6) is -1.14. The zero-order valence-corrected chi connectivity index (χ0v) is 13.0. The predicted molar refractivity (Wildman–Crippen MR) is 86.6 cm³/mol. The van der Waals surface area contributed by atoms with Gasteiger partial charge in [0.05, 0.1) is 17.7 Å². The number of methoxy groups -OCH3 is 1. The first kappa shape index (κ1) is 16.2. The molecule has 0 unspecified atom stereocenters. The molecule has 6 heteroatoms. The van der Waals surface area contributed by atoms with Crippen molar-refractivity contribution in [3.05, 3.63) is 57.6 Å². The second-order valence-corrected chi connectivity index (χ2v) is 5.20. The number of aromatic hydroxyl groups is 1. The molecule has 4 nitrogen and oxygen atoms in total. The van der Waals surface area contributed by atoms with E-state index in [0.29, 0.717) is 16.1 Å². The van der Waals surface area contributed by atoms with E-state index in [2.05, 4.69) is 0 Å². The molecule has 0 heterocycles. The third-order valence-electron chi connectivity index (χ3n) is 3.01. The van der Waals surface area contributed by atoms with Crippen LogP contribution in [0.15, 0.2) is 36.4 Å². The summed E-state index contributed by atoms with van der Waals surface area (Å²) in [5.41, 5.74) is 0.874. The van der Waals surface area contributed by atoms with Crippen LogP contribution in [0.3, 0.4) is 0 Å². The number of halogens is 2. The smallest absolute Gasteiger partial charge is 0.336 e. The fraction of sp³-hybridized carbons (Fsp3) is 0.0625. The van der Waals surface area contributed by atoms with Crippen LogP contribution in [0.2, 0.25) is 10.0 Å². The topological polar surface area (TPSA) is 66.8 Å². The monoisotopic (exact) mass is 338 g/mol. The number of aliphatic carboxylic acids is 1. The number of hydrogen-bond donors (Lipinski definition) is 2. The van der Waals surface area contributed by atoms with Gasteiger partial charge in [-0.25, -0.2) is 4.79 Å². The number of rotatable bonds is 4. The van der Waals surface area contributed by atoms with E-state index in [0.717, 1.165) is 0 Å². The number of phenols is 1. The van der Waals surface area contributed by atoms with Crippen LogP contribution in [-0.2, 0) is 4.79 Å². The zero-order chi connectivity index (χ0) is 16.3. The maximum absolute atomic E-state index is 11.5. The van der Waals surface area contributed by atoms with Crippen LogP contribution in [0.4, 0.5) is 0 Å². The number of hydrogen-bond acceptors (Lipinski definition) is 3. The zero-order valence-electron chi connectivity index (χ0n) is 11.5. The van der Waals surface area contributed by atoms with E-state index in [4.69, 9.17) is 27.9 Å². The highest BCUT2D eigenvalue weighted by atomic mass is 35.5. The Labute approximate surface area is 137 Å². The minimum atomic E-state index is -1.12. The van der Waals surface area contributed by atoms with Crippen LogP contribution in [0.1, 0.15) is 11.1 Å². The van der Waals surface area contributed by atoms with Crippen LogP contribution in [-0.4, -0.2) is 23.3 Å². The van der Waals surface area contributed by atoms with Crippen molar-refractivity contribution in [3.63, 3.8) is 0 Å². The van der Waals surface area contributed by atoms with E-state index >= 15 is 0 Å². The Morgan fingerprint density at radius 2 is 1.77 bits per heavy atom. The van der Waals surface area contributed by atoms with Crippen molar-refractivity contribution in [2.24, 2.45) is 0 Å². The van der Waals surface area contributed by atoms with E-state index in [1.165, 1.54) is 19.3 Å². The summed E-state index contributed by atoms with van der Waals surface area (Å²) in [5, 5.41) is 19.8. The normalized spacial score (nSPS) is 11.3. The van der Waals surface area contributed by atoms with Crippen molar-refractivity contribution in [2.45, 2.75) is 0 Å². The summed E-state index contributed by atoms with van der Waals surface area (Å²) < 4.78 is 4.94. The summed E-state index contributed by atoms with van der Waals surface area (Å²) in [6.07, 6.45) is 1.38. The second kappa shape index (κ2) is 6.73. The molecule has 0 aliphatic rings. The van der Waals surface area contributed by atoms with E-state index in [-0.39, 0.29) is 22.1 Å². The van der Waals surface area contributed by atoms with Gasteiger partial charge in [-0.05, 0) is 41.5 Å². The Hall–Kier alpha value is -2.17. The molecule has 0 spiro atoms. The molecule has 0 aliphatic carbocycles. The maximum atomic E-state index is 11.5. The molecule has 0 fully saturated rings. The molecule has 0 atom stereocenters. The standard InChI is InChI=1S/C16H12Cl2O4/c1-22-13-7-4-10(14(18)15(13)19)8-12(16(20)21)9-2-5-11(17)6-3-9/h2-8,19H,1H3,(H,20,21)/b12-8-. The number of carboxylic acid groups (broad SMARTS) is 1. The first-order chi connectivity index (χ1) is 10.4. The van der Waals surface area contributed by atoms with Crippen LogP contribution in [0.5, 0.6) is 11.5 Å². The van der Waals surface area contributed by atoms with Crippen LogP contribution < -0.4 is 4.74 Å².